The number of ether oxygens (including phenoxy) is 2. The number of unbranched alkanes of at least 4 members (excludes halogenated alkanes) is 2. The van der Waals surface area contributed by atoms with Crippen molar-refractivity contribution in [2.24, 2.45) is 11.8 Å². The van der Waals surface area contributed by atoms with E-state index < -0.39 is 0 Å². The van der Waals surface area contributed by atoms with Crippen LogP contribution in [0.2, 0.25) is 0 Å². The summed E-state index contributed by atoms with van der Waals surface area (Å²) in [7, 11) is 0. The van der Waals surface area contributed by atoms with Crippen LogP contribution in [0.25, 0.3) is 55.6 Å². The predicted molar refractivity (Wildman–Crippen MR) is 266 cm³/mol. The molecule has 0 saturated carbocycles. The summed E-state index contributed by atoms with van der Waals surface area (Å²) in [4.78, 5) is 0. The Morgan fingerprint density at radius 2 is 0.790 bits per heavy atom. The molecule has 0 spiro atoms. The van der Waals surface area contributed by atoms with Gasteiger partial charge in [0.05, 0.1) is 13.2 Å². The third kappa shape index (κ3) is 10.2. The maximum Gasteiger partial charge on any atom is 0.119 e. The van der Waals surface area contributed by atoms with Gasteiger partial charge in [-0.15, -0.1) is 0 Å². The quantitative estimate of drug-likeness (QED) is 0.0694. The van der Waals surface area contributed by atoms with E-state index in [0.29, 0.717) is 11.8 Å². The fourth-order valence-corrected chi connectivity index (χ4v) is 9.89. The number of anilines is 1. The lowest BCUT2D eigenvalue weighted by Crippen LogP contribution is -2.25. The van der Waals surface area contributed by atoms with Gasteiger partial charge in [-0.2, -0.15) is 0 Å². The molecule has 0 saturated heterocycles. The van der Waals surface area contributed by atoms with Crippen LogP contribution >= 0.6 is 0 Å². The monoisotopic (exact) mass is 826 g/mol. The number of hydrogen-bond acceptors (Lipinski definition) is 3. The van der Waals surface area contributed by atoms with Crippen LogP contribution < -0.4 is 15.2 Å². The Hall–Kier alpha value is -5.28. The number of fused-ring (bicyclic) bond motifs is 3. The summed E-state index contributed by atoms with van der Waals surface area (Å²) in [6.07, 6.45) is 14.2. The van der Waals surface area contributed by atoms with Gasteiger partial charge in [0, 0.05) is 11.1 Å². The molecule has 2 atom stereocenters. The molecule has 0 aromatic heterocycles. The van der Waals surface area contributed by atoms with Crippen LogP contribution in [0, 0.1) is 11.8 Å². The fraction of sp³-hybridized carbons (Fsp3) is 0.390. The summed E-state index contributed by atoms with van der Waals surface area (Å²) in [5.41, 5.74) is 22.2. The van der Waals surface area contributed by atoms with Crippen molar-refractivity contribution in [3.8, 4) is 67.1 Å². The Morgan fingerprint density at radius 1 is 0.419 bits per heavy atom. The molecule has 0 amide bonds. The van der Waals surface area contributed by atoms with Gasteiger partial charge in [0.15, 0.2) is 0 Å². The zero-order valence-corrected chi connectivity index (χ0v) is 38.6. The summed E-state index contributed by atoms with van der Waals surface area (Å²) in [5.74, 6) is 3.08. The number of rotatable bonds is 22. The van der Waals surface area contributed by atoms with Crippen LogP contribution in [-0.2, 0) is 5.41 Å². The van der Waals surface area contributed by atoms with Crippen LogP contribution in [0.3, 0.4) is 0 Å². The van der Waals surface area contributed by atoms with Crippen LogP contribution in [0.15, 0.2) is 127 Å². The van der Waals surface area contributed by atoms with Crippen molar-refractivity contribution >= 4 is 5.69 Å². The van der Waals surface area contributed by atoms with Gasteiger partial charge in [0.2, 0.25) is 0 Å². The van der Waals surface area contributed by atoms with Crippen molar-refractivity contribution in [1.29, 1.82) is 0 Å². The number of benzene rings is 6. The molecule has 2 N–H and O–H groups in total. The summed E-state index contributed by atoms with van der Waals surface area (Å²) < 4.78 is 12.7. The first-order valence-electron chi connectivity index (χ1n) is 24.1. The molecule has 6 aromatic carbocycles. The molecule has 6 aromatic rings. The van der Waals surface area contributed by atoms with Gasteiger partial charge in [0.1, 0.15) is 11.5 Å². The van der Waals surface area contributed by atoms with Crippen LogP contribution in [0.5, 0.6) is 11.5 Å². The normalized spacial score (nSPS) is 13.6. The van der Waals surface area contributed by atoms with Crippen LogP contribution in [0.1, 0.15) is 130 Å². The minimum atomic E-state index is -0.0548. The summed E-state index contributed by atoms with van der Waals surface area (Å²) in [6, 6.07) is 47.4. The second-order valence-electron chi connectivity index (χ2n) is 18.0. The Morgan fingerprint density at radius 3 is 1.19 bits per heavy atom. The molecule has 3 heteroatoms. The molecule has 0 radical (unpaired) electrons. The van der Waals surface area contributed by atoms with Crippen molar-refractivity contribution < 1.29 is 9.47 Å². The van der Waals surface area contributed by atoms with Crippen LogP contribution in [0.4, 0.5) is 5.69 Å². The van der Waals surface area contributed by atoms with Gasteiger partial charge in [-0.05, 0) is 171 Å². The highest BCUT2D eigenvalue weighted by Crippen LogP contribution is 2.55. The first-order chi connectivity index (χ1) is 30.3. The lowest BCUT2D eigenvalue weighted by molar-refractivity contribution is 0.233. The number of nitrogen functional groups attached to an aromatic ring is 1. The molecule has 62 heavy (non-hydrogen) atoms. The van der Waals surface area contributed by atoms with E-state index in [1.807, 2.05) is 12.1 Å². The van der Waals surface area contributed by atoms with Gasteiger partial charge < -0.3 is 15.2 Å². The topological polar surface area (TPSA) is 44.5 Å². The zero-order valence-electron chi connectivity index (χ0n) is 38.6. The molecule has 324 valence electrons. The van der Waals surface area contributed by atoms with Crippen LogP contribution in [-0.4, -0.2) is 13.2 Å². The Kier molecular flexibility index (Phi) is 15.3. The molecule has 7 rings (SSSR count). The largest absolute Gasteiger partial charge is 0.493 e. The molecular weight excluding hydrogens is 755 g/mol. The molecule has 0 fully saturated rings. The minimum Gasteiger partial charge on any atom is -0.493 e. The highest BCUT2D eigenvalue weighted by molar-refractivity contribution is 5.88. The van der Waals surface area contributed by atoms with Crippen molar-refractivity contribution in [3.05, 3.63) is 139 Å². The standard InChI is InChI=1S/C59H71NO2/c1-7-13-15-42(11-5)40-61-53-27-19-45(20-28-53)49-35-50(46-21-29-54(30-22-46)62-41-43(12-6)16-14-8-2)37-51(36-49)48-24-32-56-55-31-23-47(44-17-25-52(60)26-18-44)38-57(55)59(33-9-3,34-10-4)58(56)39-48/h17-32,35-39,42-43H,7-16,33-34,40-41,60H2,1-6H3. The molecule has 1 aliphatic rings. The lowest BCUT2D eigenvalue weighted by Gasteiger charge is -2.32. The van der Waals surface area contributed by atoms with E-state index >= 15 is 0 Å². The maximum atomic E-state index is 6.35. The second kappa shape index (κ2) is 21.2. The Balaban J connectivity index is 1.26. The minimum absolute atomic E-state index is 0.0548. The van der Waals surface area contributed by atoms with E-state index in [2.05, 4.69) is 157 Å². The highest BCUT2D eigenvalue weighted by atomic mass is 16.5. The molecule has 1 aliphatic carbocycles. The van der Waals surface area contributed by atoms with Gasteiger partial charge >= 0.3 is 0 Å². The number of nitrogens with two attached hydrogens (primary N) is 1. The predicted octanol–water partition coefficient (Wildman–Crippen LogP) is 17.0. The van der Waals surface area contributed by atoms with Crippen molar-refractivity contribution in [2.75, 3.05) is 18.9 Å². The summed E-state index contributed by atoms with van der Waals surface area (Å²) in [6.45, 7) is 15.3. The first-order valence-corrected chi connectivity index (χ1v) is 24.1. The first kappa shape index (κ1) is 44.8. The fourth-order valence-electron chi connectivity index (χ4n) is 9.89. The van der Waals surface area contributed by atoms with Gasteiger partial charge in [-0.1, -0.05) is 154 Å². The molecule has 0 bridgehead atoms. The van der Waals surface area contributed by atoms with E-state index in [0.717, 1.165) is 68.9 Å². The average Bonchev–Trinajstić information content (AvgIpc) is 3.57. The van der Waals surface area contributed by atoms with Gasteiger partial charge in [-0.3, -0.25) is 0 Å². The number of hydrogen-bond donors (Lipinski definition) is 1. The average molecular weight is 826 g/mol. The van der Waals surface area contributed by atoms with E-state index in [9.17, 15) is 0 Å². The Bertz CT molecular complexity index is 2250. The molecule has 0 heterocycles. The van der Waals surface area contributed by atoms with E-state index in [1.165, 1.54) is 105 Å². The van der Waals surface area contributed by atoms with E-state index in [1.54, 1.807) is 0 Å². The van der Waals surface area contributed by atoms with Gasteiger partial charge in [0.25, 0.3) is 0 Å². The zero-order chi connectivity index (χ0) is 43.5. The molecule has 0 aliphatic heterocycles. The van der Waals surface area contributed by atoms with Gasteiger partial charge in [-0.25, -0.2) is 0 Å². The van der Waals surface area contributed by atoms with Crippen molar-refractivity contribution in [3.63, 3.8) is 0 Å². The van der Waals surface area contributed by atoms with E-state index in [-0.39, 0.29) is 5.41 Å². The SMILES string of the molecule is CCCCC(CC)COc1ccc(-c2cc(-c3ccc(OCC(CC)CCCC)cc3)cc(-c3ccc4c(c3)C(CCC)(CCC)c3cc(-c5ccc(N)cc5)ccc3-4)c2)cc1. The molecule has 2 unspecified atom stereocenters. The molecule has 3 nitrogen and oxygen atoms in total. The van der Waals surface area contributed by atoms with Crippen molar-refractivity contribution in [2.45, 2.75) is 124 Å². The third-order valence-electron chi connectivity index (χ3n) is 13.7. The summed E-state index contributed by atoms with van der Waals surface area (Å²) >= 11 is 0. The second-order valence-corrected chi connectivity index (χ2v) is 18.0. The van der Waals surface area contributed by atoms with E-state index in [4.69, 9.17) is 15.2 Å². The summed E-state index contributed by atoms with van der Waals surface area (Å²) in [5, 5.41) is 0. The smallest absolute Gasteiger partial charge is 0.119 e. The lowest BCUT2D eigenvalue weighted by atomic mass is 9.71. The Labute approximate surface area is 374 Å². The van der Waals surface area contributed by atoms with Crippen molar-refractivity contribution in [1.82, 2.24) is 0 Å². The maximum absolute atomic E-state index is 6.35. The third-order valence-corrected chi connectivity index (χ3v) is 13.7. The molecular formula is C59H71NO2. The highest BCUT2D eigenvalue weighted by Gasteiger charge is 2.42.